The number of nitrogens with one attached hydrogen (secondary N) is 2. The molecule has 2 N–H and O–H groups in total. The number of carbonyl (C=O) groups excluding carboxylic acids is 3. The number of hydrogen-bond acceptors (Lipinski definition) is 6. The molecule has 0 aromatic rings. The number of amides is 1. The van der Waals surface area contributed by atoms with E-state index in [-0.39, 0.29) is 6.42 Å². The Morgan fingerprint density at radius 1 is 1.43 bits per heavy atom. The fraction of sp³-hybridized carbons (Fsp3) is 0.786. The molecule has 1 aliphatic heterocycles. The lowest BCUT2D eigenvalue weighted by Crippen LogP contribution is -2.47. The molecule has 0 saturated carbocycles. The molecule has 1 fully saturated rings. The van der Waals surface area contributed by atoms with E-state index in [0.717, 1.165) is 6.29 Å². The Hall–Kier alpha value is -1.63. The van der Waals surface area contributed by atoms with E-state index < -0.39 is 29.1 Å². The smallest absolute Gasteiger partial charge is 0.408 e. The van der Waals surface area contributed by atoms with Crippen LogP contribution in [0.25, 0.3) is 0 Å². The van der Waals surface area contributed by atoms with E-state index in [1.54, 1.807) is 20.8 Å². The van der Waals surface area contributed by atoms with Crippen molar-refractivity contribution in [2.75, 3.05) is 20.2 Å². The van der Waals surface area contributed by atoms with Gasteiger partial charge in [0.05, 0.1) is 7.11 Å². The van der Waals surface area contributed by atoms with Crippen LogP contribution in [0.15, 0.2) is 0 Å². The zero-order valence-corrected chi connectivity index (χ0v) is 13.0. The summed E-state index contributed by atoms with van der Waals surface area (Å²) < 4.78 is 9.83. The molecule has 0 aliphatic carbocycles. The predicted molar refractivity (Wildman–Crippen MR) is 75.8 cm³/mol. The fourth-order valence-electron chi connectivity index (χ4n) is 2.28. The summed E-state index contributed by atoms with van der Waals surface area (Å²) in [5.74, 6) is -0.589. The highest BCUT2D eigenvalue weighted by atomic mass is 16.6. The topological polar surface area (TPSA) is 93.7 Å². The fourth-order valence-corrected chi connectivity index (χ4v) is 2.28. The number of esters is 1. The van der Waals surface area contributed by atoms with Crippen molar-refractivity contribution in [3.8, 4) is 0 Å². The zero-order valence-electron chi connectivity index (χ0n) is 13.0. The van der Waals surface area contributed by atoms with Crippen LogP contribution in [0.2, 0.25) is 0 Å². The number of methoxy groups -OCH3 is 1. The predicted octanol–water partition coefficient (Wildman–Crippen LogP) is 0.621. The van der Waals surface area contributed by atoms with E-state index in [9.17, 15) is 14.4 Å². The molecule has 1 saturated heterocycles. The average molecular weight is 300 g/mol. The van der Waals surface area contributed by atoms with Crippen molar-refractivity contribution in [1.82, 2.24) is 10.6 Å². The molecule has 1 heterocycles. The normalized spacial score (nSPS) is 23.2. The molecule has 0 radical (unpaired) electrons. The first-order chi connectivity index (χ1) is 9.71. The van der Waals surface area contributed by atoms with Crippen molar-refractivity contribution in [2.24, 2.45) is 5.41 Å². The third-order valence-corrected chi connectivity index (χ3v) is 3.31. The molecule has 7 nitrogen and oxygen atoms in total. The second kappa shape index (κ2) is 6.89. The Morgan fingerprint density at radius 3 is 2.52 bits per heavy atom. The zero-order chi connectivity index (χ0) is 16.1. The van der Waals surface area contributed by atoms with Crippen molar-refractivity contribution in [2.45, 2.75) is 45.3 Å². The maximum absolute atomic E-state index is 11.8. The van der Waals surface area contributed by atoms with Crippen LogP contribution >= 0.6 is 0 Å². The molecule has 1 rings (SSSR count). The van der Waals surface area contributed by atoms with Gasteiger partial charge in [-0.3, -0.25) is 0 Å². The number of hydrogen-bond donors (Lipinski definition) is 2. The highest BCUT2D eigenvalue weighted by Gasteiger charge is 2.39. The molecule has 0 bridgehead atoms. The summed E-state index contributed by atoms with van der Waals surface area (Å²) in [5, 5.41) is 5.58. The van der Waals surface area contributed by atoms with E-state index in [0.29, 0.717) is 19.5 Å². The molecule has 0 spiro atoms. The molecule has 1 aliphatic rings. The highest BCUT2D eigenvalue weighted by Crippen LogP contribution is 2.29. The molecule has 2 atom stereocenters. The number of aldehydes is 1. The van der Waals surface area contributed by atoms with Crippen molar-refractivity contribution in [3.05, 3.63) is 0 Å². The molecule has 1 amide bonds. The van der Waals surface area contributed by atoms with Crippen LogP contribution in [0.5, 0.6) is 0 Å². The minimum Gasteiger partial charge on any atom is -0.467 e. The molecule has 0 unspecified atom stereocenters. The van der Waals surface area contributed by atoms with Gasteiger partial charge in [0.1, 0.15) is 17.9 Å². The quantitative estimate of drug-likeness (QED) is 0.571. The number of alkyl carbamates (subject to hydrolysis) is 1. The van der Waals surface area contributed by atoms with Crippen molar-refractivity contribution in [1.29, 1.82) is 0 Å². The standard InChI is InChI=1S/C14H24N2O5/c1-13(2,3)21-12(19)16-10(11(18)20-4)7-14(9-17)5-6-15-8-14/h9-10,15H,5-8H2,1-4H3,(H,16,19)/t10-,14+/m0/s1. The van der Waals surface area contributed by atoms with Crippen LogP contribution in [-0.2, 0) is 19.1 Å². The second-order valence-electron chi connectivity index (χ2n) is 6.33. The van der Waals surface area contributed by atoms with E-state index in [1.165, 1.54) is 7.11 Å². The summed E-state index contributed by atoms with van der Waals surface area (Å²) in [6, 6.07) is -0.907. The third-order valence-electron chi connectivity index (χ3n) is 3.31. The highest BCUT2D eigenvalue weighted by molar-refractivity contribution is 5.82. The van der Waals surface area contributed by atoms with Crippen LogP contribution in [0, 0.1) is 5.41 Å². The minimum absolute atomic E-state index is 0.190. The summed E-state index contributed by atoms with van der Waals surface area (Å²) in [5.41, 5.74) is -1.32. The van der Waals surface area contributed by atoms with Crippen molar-refractivity contribution in [3.63, 3.8) is 0 Å². The van der Waals surface area contributed by atoms with Crippen LogP contribution in [0.4, 0.5) is 4.79 Å². The third kappa shape index (κ3) is 5.34. The molecule has 120 valence electrons. The van der Waals surface area contributed by atoms with E-state index in [1.807, 2.05) is 0 Å². The molecule has 0 aromatic carbocycles. The van der Waals surface area contributed by atoms with Gasteiger partial charge in [0, 0.05) is 12.0 Å². The summed E-state index contributed by atoms with van der Waals surface area (Å²) in [4.78, 5) is 35.0. The first-order valence-corrected chi connectivity index (χ1v) is 6.96. The van der Waals surface area contributed by atoms with Gasteiger partial charge in [0.2, 0.25) is 0 Å². The average Bonchev–Trinajstić information content (AvgIpc) is 2.84. The maximum atomic E-state index is 11.8. The van der Waals surface area contributed by atoms with E-state index in [4.69, 9.17) is 9.47 Å². The molecular formula is C14H24N2O5. The van der Waals surface area contributed by atoms with Gasteiger partial charge in [-0.05, 0) is 40.2 Å². The lowest BCUT2D eigenvalue weighted by Gasteiger charge is -2.27. The first kappa shape index (κ1) is 17.4. The lowest BCUT2D eigenvalue weighted by atomic mass is 9.82. The Morgan fingerprint density at radius 2 is 2.10 bits per heavy atom. The van der Waals surface area contributed by atoms with Crippen LogP contribution in [-0.4, -0.2) is 50.2 Å². The monoisotopic (exact) mass is 300 g/mol. The summed E-state index contributed by atoms with van der Waals surface area (Å²) in [6.45, 7) is 6.38. The van der Waals surface area contributed by atoms with E-state index >= 15 is 0 Å². The van der Waals surface area contributed by atoms with E-state index in [2.05, 4.69) is 10.6 Å². The van der Waals surface area contributed by atoms with Gasteiger partial charge in [-0.25, -0.2) is 9.59 Å². The van der Waals surface area contributed by atoms with Crippen LogP contribution in [0.3, 0.4) is 0 Å². The SMILES string of the molecule is COC(=O)[C@H](C[C@]1(C=O)CCNC1)NC(=O)OC(C)(C)C. The summed E-state index contributed by atoms with van der Waals surface area (Å²) in [6.07, 6.45) is 0.958. The Balaban J connectivity index is 2.74. The van der Waals surface area contributed by atoms with Crippen molar-refractivity contribution >= 4 is 18.3 Å². The number of rotatable bonds is 5. The Labute approximate surface area is 124 Å². The maximum Gasteiger partial charge on any atom is 0.408 e. The van der Waals surface area contributed by atoms with Gasteiger partial charge in [0.25, 0.3) is 0 Å². The largest absolute Gasteiger partial charge is 0.467 e. The molecule has 0 aromatic heterocycles. The molecular weight excluding hydrogens is 276 g/mol. The second-order valence-corrected chi connectivity index (χ2v) is 6.33. The van der Waals surface area contributed by atoms with Gasteiger partial charge in [-0.2, -0.15) is 0 Å². The number of ether oxygens (including phenoxy) is 2. The lowest BCUT2D eigenvalue weighted by molar-refractivity contribution is -0.144. The Bertz CT molecular complexity index is 397. The molecule has 21 heavy (non-hydrogen) atoms. The van der Waals surface area contributed by atoms with Gasteiger partial charge in [-0.1, -0.05) is 0 Å². The van der Waals surface area contributed by atoms with Gasteiger partial charge in [0.15, 0.2) is 0 Å². The Kier molecular flexibility index (Phi) is 5.71. The first-order valence-electron chi connectivity index (χ1n) is 6.96. The van der Waals surface area contributed by atoms with Crippen molar-refractivity contribution < 1.29 is 23.9 Å². The van der Waals surface area contributed by atoms with Crippen LogP contribution < -0.4 is 10.6 Å². The van der Waals surface area contributed by atoms with Gasteiger partial charge in [-0.15, -0.1) is 0 Å². The summed E-state index contributed by atoms with van der Waals surface area (Å²) >= 11 is 0. The number of carbonyl (C=O) groups is 3. The minimum atomic E-state index is -0.907. The summed E-state index contributed by atoms with van der Waals surface area (Å²) in [7, 11) is 1.24. The van der Waals surface area contributed by atoms with Crippen LogP contribution in [0.1, 0.15) is 33.6 Å². The van der Waals surface area contributed by atoms with Gasteiger partial charge < -0.3 is 24.9 Å². The van der Waals surface area contributed by atoms with Gasteiger partial charge >= 0.3 is 12.1 Å². The molecule has 7 heteroatoms.